The van der Waals surface area contributed by atoms with Crippen molar-refractivity contribution >= 4 is 37.1 Å². The molecule has 0 fully saturated rings. The number of aryl methyl sites for hydroxylation is 1. The first-order valence-corrected chi connectivity index (χ1v) is 5.35. The molecular weight excluding hydrogens is 330 g/mol. The summed E-state index contributed by atoms with van der Waals surface area (Å²) >= 11 is 0.723. The molecule has 0 unspecified atom stereocenters. The van der Waals surface area contributed by atoms with Crippen molar-refractivity contribution in [2.75, 3.05) is 0 Å². The second-order valence-corrected chi connectivity index (χ2v) is 4.30. The zero-order valence-electron chi connectivity index (χ0n) is 6.15. The quantitative estimate of drug-likeness (QED) is 0.662. The molecule has 0 aromatic carbocycles. The van der Waals surface area contributed by atoms with Gasteiger partial charge in [-0.25, -0.2) is 0 Å². The Morgan fingerprint density at radius 1 is 1.55 bits per heavy atom. The van der Waals surface area contributed by atoms with E-state index in [1.165, 1.54) is 0 Å². The summed E-state index contributed by atoms with van der Waals surface area (Å²) in [5, 5.41) is 4.32. The summed E-state index contributed by atoms with van der Waals surface area (Å²) in [4.78, 5) is 4.24. The summed E-state index contributed by atoms with van der Waals surface area (Å²) in [6, 6.07) is 4.00. The average Bonchev–Trinajstić information content (AvgIpc) is 2.30. The van der Waals surface area contributed by atoms with Crippen LogP contribution in [0.5, 0.6) is 0 Å². The molecule has 4 heteroatoms. The molecule has 11 heavy (non-hydrogen) atoms. The van der Waals surface area contributed by atoms with Crippen LogP contribution in [0.25, 0.3) is 11.0 Å². The van der Waals surface area contributed by atoms with Gasteiger partial charge in [0.1, 0.15) is 0 Å². The number of hydrogen-bond donors (Lipinski definition) is 0. The minimum atomic E-state index is 0.723. The summed E-state index contributed by atoms with van der Waals surface area (Å²) in [6.07, 6.45) is 1.81. The van der Waals surface area contributed by atoms with Crippen molar-refractivity contribution in [3.8, 4) is 0 Å². The maximum absolute atomic E-state index is 4.32. The first-order chi connectivity index (χ1) is 5.29. The standard InChI is InChI=1S/C7H6N3.Tl/c1-5-7-6(10-9-5)3-2-4-8-7;/h2-4H,1H3;/q-1;+1. The fourth-order valence-corrected chi connectivity index (χ4v) is 2.61. The van der Waals surface area contributed by atoms with Crippen LogP contribution >= 0.6 is 0 Å². The van der Waals surface area contributed by atoms with Crippen molar-refractivity contribution in [2.24, 2.45) is 0 Å². The molecule has 0 aliphatic heterocycles. The van der Waals surface area contributed by atoms with E-state index in [4.69, 9.17) is 0 Å². The number of pyridine rings is 1. The van der Waals surface area contributed by atoms with Crippen LogP contribution in [0.4, 0.5) is 0 Å². The fourth-order valence-electron chi connectivity index (χ4n) is 1.12. The number of hydrogen-bond acceptors (Lipinski definition) is 2. The Morgan fingerprint density at radius 2 is 2.36 bits per heavy atom. The monoisotopic (exact) mass is 337 g/mol. The summed E-state index contributed by atoms with van der Waals surface area (Å²) in [7, 11) is 0. The normalized spacial score (nSPS) is 10.5. The predicted octanol–water partition coefficient (Wildman–Crippen LogP) is 0.671. The SMILES string of the molecule is Cc1n[n]([Tl])c2cccnc12. The van der Waals surface area contributed by atoms with Gasteiger partial charge in [0, 0.05) is 0 Å². The Hall–Kier alpha value is -0.458. The van der Waals surface area contributed by atoms with Crippen LogP contribution in [0, 0.1) is 6.92 Å². The molecule has 0 aliphatic rings. The van der Waals surface area contributed by atoms with Crippen LogP contribution in [0.15, 0.2) is 18.3 Å². The van der Waals surface area contributed by atoms with Crippen LogP contribution in [-0.4, -0.2) is 38.6 Å². The summed E-state index contributed by atoms with van der Waals surface area (Å²) < 4.78 is 2.01. The first kappa shape index (κ1) is 7.21. The van der Waals surface area contributed by atoms with Gasteiger partial charge in [-0.15, -0.1) is 0 Å². The van der Waals surface area contributed by atoms with Crippen LogP contribution < -0.4 is 0 Å². The van der Waals surface area contributed by atoms with Crippen LogP contribution in [-0.2, 0) is 0 Å². The molecule has 0 aliphatic carbocycles. The van der Waals surface area contributed by atoms with Gasteiger partial charge in [-0.05, 0) is 0 Å². The molecule has 3 nitrogen and oxygen atoms in total. The van der Waals surface area contributed by atoms with Gasteiger partial charge in [0.2, 0.25) is 0 Å². The average molecular weight is 337 g/mol. The van der Waals surface area contributed by atoms with E-state index in [1.807, 2.05) is 21.7 Å². The number of rotatable bonds is 0. The zero-order valence-corrected chi connectivity index (χ0v) is 10.6. The predicted molar refractivity (Wildman–Crippen MR) is 43.4 cm³/mol. The zero-order chi connectivity index (χ0) is 7.84. The number of nitrogens with zero attached hydrogens (tertiary/aromatic N) is 3. The Bertz CT molecular complexity index is 357. The maximum atomic E-state index is 4.32. The van der Waals surface area contributed by atoms with Gasteiger partial charge in [-0.1, -0.05) is 0 Å². The second kappa shape index (κ2) is 2.54. The summed E-state index contributed by atoms with van der Waals surface area (Å²) in [5.41, 5.74) is 3.23. The van der Waals surface area contributed by atoms with Gasteiger partial charge in [-0.3, -0.25) is 0 Å². The molecule has 0 saturated carbocycles. The first-order valence-electron chi connectivity index (χ1n) is 3.34. The molecule has 2 heterocycles. The van der Waals surface area contributed by atoms with Gasteiger partial charge in [0.25, 0.3) is 0 Å². The van der Waals surface area contributed by atoms with E-state index in [2.05, 4.69) is 16.1 Å². The van der Waals surface area contributed by atoms with E-state index < -0.39 is 0 Å². The van der Waals surface area contributed by atoms with E-state index in [0.29, 0.717) is 0 Å². The molecule has 0 atom stereocenters. The Labute approximate surface area is 80.5 Å². The van der Waals surface area contributed by atoms with Crippen LogP contribution in [0.1, 0.15) is 5.69 Å². The van der Waals surface area contributed by atoms with Crippen LogP contribution in [0.3, 0.4) is 0 Å². The van der Waals surface area contributed by atoms with Crippen molar-refractivity contribution in [3.63, 3.8) is 0 Å². The molecule has 0 radical (unpaired) electrons. The van der Waals surface area contributed by atoms with Crippen molar-refractivity contribution in [3.05, 3.63) is 24.0 Å². The van der Waals surface area contributed by atoms with Gasteiger partial charge < -0.3 is 0 Å². The van der Waals surface area contributed by atoms with E-state index in [-0.39, 0.29) is 0 Å². The Morgan fingerprint density at radius 3 is 3.09 bits per heavy atom. The van der Waals surface area contributed by atoms with Gasteiger partial charge >= 0.3 is 80.6 Å². The second-order valence-electron chi connectivity index (χ2n) is 2.40. The topological polar surface area (TPSA) is 30.7 Å². The van der Waals surface area contributed by atoms with Crippen molar-refractivity contribution in [1.82, 2.24) is 12.6 Å². The van der Waals surface area contributed by atoms with Crippen LogP contribution in [0.2, 0.25) is 0 Å². The van der Waals surface area contributed by atoms with Crippen molar-refractivity contribution < 1.29 is 0 Å². The van der Waals surface area contributed by atoms with E-state index >= 15 is 0 Å². The summed E-state index contributed by atoms with van der Waals surface area (Å²) in [6.45, 7) is 1.99. The molecule has 0 bridgehead atoms. The van der Waals surface area contributed by atoms with Gasteiger partial charge in [-0.2, -0.15) is 0 Å². The van der Waals surface area contributed by atoms with Crippen molar-refractivity contribution in [1.29, 1.82) is 0 Å². The molecular formula is C7H6N3Tl. The summed E-state index contributed by atoms with van der Waals surface area (Å²) in [5.74, 6) is 0. The Balaban J connectivity index is 2.95. The minimum absolute atomic E-state index is 0.723. The number of fused-ring (bicyclic) bond motifs is 1. The number of aromatic nitrogens is 3. The third-order valence-corrected chi connectivity index (χ3v) is 3.16. The molecule has 0 saturated heterocycles. The molecule has 2 aromatic heterocycles. The van der Waals surface area contributed by atoms with Gasteiger partial charge in [0.15, 0.2) is 0 Å². The van der Waals surface area contributed by atoms with E-state index in [0.717, 1.165) is 42.8 Å². The molecule has 2 aromatic rings. The third kappa shape index (κ3) is 1.07. The third-order valence-electron chi connectivity index (χ3n) is 1.63. The van der Waals surface area contributed by atoms with E-state index in [1.54, 1.807) is 0 Å². The molecule has 2 rings (SSSR count). The van der Waals surface area contributed by atoms with Crippen molar-refractivity contribution in [2.45, 2.75) is 6.92 Å². The molecule has 0 N–H and O–H groups in total. The molecule has 52 valence electrons. The molecule has 0 spiro atoms. The molecule has 0 amide bonds. The Kier molecular flexibility index (Phi) is 1.67. The fraction of sp³-hybridized carbons (Fsp3) is 0.143. The van der Waals surface area contributed by atoms with E-state index in [9.17, 15) is 0 Å². The van der Waals surface area contributed by atoms with Gasteiger partial charge in [0.05, 0.1) is 0 Å².